The second kappa shape index (κ2) is 5.38. The fourth-order valence-electron chi connectivity index (χ4n) is 3.34. The number of hydrogen-bond donors (Lipinski definition) is 0. The molecule has 2 atom stereocenters. The molecule has 0 aromatic heterocycles. The Bertz CT molecular complexity index is 517. The molecular formula is C16H21ClN2O. The SMILES string of the molecule is CC(C)C(=O)N1CC2CN(Cc3cccc(Cl)c3)C2C1. The summed E-state index contributed by atoms with van der Waals surface area (Å²) in [5.74, 6) is 1.06. The lowest BCUT2D eigenvalue weighted by atomic mass is 9.91. The van der Waals surface area contributed by atoms with E-state index in [1.165, 1.54) is 5.56 Å². The lowest BCUT2D eigenvalue weighted by Gasteiger charge is -2.43. The highest BCUT2D eigenvalue weighted by atomic mass is 35.5. The lowest BCUT2D eigenvalue weighted by Crippen LogP contribution is -2.54. The van der Waals surface area contributed by atoms with Gasteiger partial charge < -0.3 is 4.90 Å². The molecule has 2 fully saturated rings. The Labute approximate surface area is 125 Å². The molecule has 0 spiro atoms. The summed E-state index contributed by atoms with van der Waals surface area (Å²) in [6, 6.07) is 8.59. The van der Waals surface area contributed by atoms with Crippen molar-refractivity contribution in [3.63, 3.8) is 0 Å². The van der Waals surface area contributed by atoms with Crippen molar-refractivity contribution in [3.05, 3.63) is 34.9 Å². The average Bonchev–Trinajstić information content (AvgIpc) is 2.73. The van der Waals surface area contributed by atoms with E-state index in [-0.39, 0.29) is 5.92 Å². The van der Waals surface area contributed by atoms with Crippen molar-refractivity contribution >= 4 is 17.5 Å². The van der Waals surface area contributed by atoms with Crippen molar-refractivity contribution in [1.82, 2.24) is 9.80 Å². The third kappa shape index (κ3) is 2.57. The lowest BCUT2D eigenvalue weighted by molar-refractivity contribution is -0.133. The molecule has 2 aliphatic heterocycles. The first-order chi connectivity index (χ1) is 9.54. The zero-order valence-electron chi connectivity index (χ0n) is 12.1. The third-order valence-electron chi connectivity index (χ3n) is 4.42. The molecule has 1 aromatic rings. The van der Waals surface area contributed by atoms with Crippen LogP contribution in [-0.4, -0.2) is 41.4 Å². The third-order valence-corrected chi connectivity index (χ3v) is 4.66. The predicted molar refractivity (Wildman–Crippen MR) is 80.6 cm³/mol. The number of carbonyl (C=O) groups excluding carboxylic acids is 1. The summed E-state index contributed by atoms with van der Waals surface area (Å²) in [4.78, 5) is 16.6. The minimum atomic E-state index is 0.105. The van der Waals surface area contributed by atoms with E-state index in [0.717, 1.165) is 31.2 Å². The quantitative estimate of drug-likeness (QED) is 0.855. The minimum Gasteiger partial charge on any atom is -0.341 e. The molecule has 2 unspecified atom stereocenters. The van der Waals surface area contributed by atoms with Crippen molar-refractivity contribution in [2.75, 3.05) is 19.6 Å². The van der Waals surface area contributed by atoms with Gasteiger partial charge in [0, 0.05) is 49.1 Å². The van der Waals surface area contributed by atoms with Gasteiger partial charge in [0.25, 0.3) is 0 Å². The number of hydrogen-bond acceptors (Lipinski definition) is 2. The topological polar surface area (TPSA) is 23.6 Å². The summed E-state index contributed by atoms with van der Waals surface area (Å²) in [5.41, 5.74) is 1.25. The van der Waals surface area contributed by atoms with E-state index in [1.807, 2.05) is 36.9 Å². The van der Waals surface area contributed by atoms with E-state index in [1.54, 1.807) is 0 Å². The summed E-state index contributed by atoms with van der Waals surface area (Å²) in [7, 11) is 0. The fourth-order valence-corrected chi connectivity index (χ4v) is 3.56. The Balaban J connectivity index is 1.60. The summed E-state index contributed by atoms with van der Waals surface area (Å²) in [5, 5.41) is 0.794. The van der Waals surface area contributed by atoms with Gasteiger partial charge in [0.1, 0.15) is 0 Å². The zero-order chi connectivity index (χ0) is 14.3. The van der Waals surface area contributed by atoms with Crippen molar-refractivity contribution in [3.8, 4) is 0 Å². The number of fused-ring (bicyclic) bond motifs is 1. The van der Waals surface area contributed by atoms with Gasteiger partial charge in [-0.25, -0.2) is 0 Å². The van der Waals surface area contributed by atoms with Crippen LogP contribution in [0, 0.1) is 11.8 Å². The van der Waals surface area contributed by atoms with Crippen molar-refractivity contribution in [2.45, 2.75) is 26.4 Å². The minimum absolute atomic E-state index is 0.105. The highest BCUT2D eigenvalue weighted by Crippen LogP contribution is 2.34. The van der Waals surface area contributed by atoms with E-state index in [9.17, 15) is 4.79 Å². The van der Waals surface area contributed by atoms with Crippen molar-refractivity contribution in [2.24, 2.45) is 11.8 Å². The van der Waals surface area contributed by atoms with Crippen molar-refractivity contribution in [1.29, 1.82) is 0 Å². The smallest absolute Gasteiger partial charge is 0.225 e. The van der Waals surface area contributed by atoms with Crippen LogP contribution in [0.5, 0.6) is 0 Å². The van der Waals surface area contributed by atoms with E-state index >= 15 is 0 Å². The van der Waals surface area contributed by atoms with E-state index in [4.69, 9.17) is 11.6 Å². The normalized spacial score (nSPS) is 25.7. The van der Waals surface area contributed by atoms with Gasteiger partial charge in [-0.2, -0.15) is 0 Å². The molecule has 2 aliphatic rings. The first-order valence-electron chi connectivity index (χ1n) is 7.32. The summed E-state index contributed by atoms with van der Waals surface area (Å²) >= 11 is 6.03. The molecule has 4 heteroatoms. The molecule has 0 saturated carbocycles. The molecule has 0 aliphatic carbocycles. The Morgan fingerprint density at radius 2 is 2.15 bits per heavy atom. The zero-order valence-corrected chi connectivity index (χ0v) is 12.8. The number of likely N-dealkylation sites (tertiary alicyclic amines) is 2. The van der Waals surface area contributed by atoms with E-state index < -0.39 is 0 Å². The first kappa shape index (κ1) is 13.9. The first-order valence-corrected chi connectivity index (χ1v) is 7.69. The molecule has 3 rings (SSSR count). The number of carbonyl (C=O) groups is 1. The average molecular weight is 293 g/mol. The van der Waals surface area contributed by atoms with Crippen LogP contribution >= 0.6 is 11.6 Å². The standard InChI is InChI=1S/C16H21ClN2O/c1-11(2)16(20)19-9-13-8-18(15(13)10-19)7-12-4-3-5-14(17)6-12/h3-6,11,13,15H,7-10H2,1-2H3. The van der Waals surface area contributed by atoms with Gasteiger partial charge in [-0.1, -0.05) is 37.6 Å². The van der Waals surface area contributed by atoms with Gasteiger partial charge in [0.05, 0.1) is 0 Å². The molecule has 0 bridgehead atoms. The van der Waals surface area contributed by atoms with Gasteiger partial charge in [0.15, 0.2) is 0 Å². The van der Waals surface area contributed by atoms with Crippen LogP contribution in [0.4, 0.5) is 0 Å². The Kier molecular flexibility index (Phi) is 3.74. The molecule has 0 N–H and O–H groups in total. The maximum Gasteiger partial charge on any atom is 0.225 e. The summed E-state index contributed by atoms with van der Waals surface area (Å²) in [6.07, 6.45) is 0. The van der Waals surface area contributed by atoms with Crippen LogP contribution in [0.3, 0.4) is 0 Å². The Hall–Kier alpha value is -1.06. The fraction of sp³-hybridized carbons (Fsp3) is 0.562. The van der Waals surface area contributed by atoms with Crippen LogP contribution in [0.1, 0.15) is 19.4 Å². The number of amides is 1. The van der Waals surface area contributed by atoms with Crippen LogP contribution in [-0.2, 0) is 11.3 Å². The van der Waals surface area contributed by atoms with Crippen LogP contribution in [0.15, 0.2) is 24.3 Å². The molecule has 2 heterocycles. The van der Waals surface area contributed by atoms with Crippen LogP contribution in [0.25, 0.3) is 0 Å². The highest BCUT2D eigenvalue weighted by molar-refractivity contribution is 6.30. The Morgan fingerprint density at radius 1 is 1.35 bits per heavy atom. The van der Waals surface area contributed by atoms with Gasteiger partial charge in [-0.05, 0) is 17.7 Å². The summed E-state index contributed by atoms with van der Waals surface area (Å²) in [6.45, 7) is 7.82. The molecule has 20 heavy (non-hydrogen) atoms. The Morgan fingerprint density at radius 3 is 2.85 bits per heavy atom. The molecular weight excluding hydrogens is 272 g/mol. The number of benzene rings is 1. The van der Waals surface area contributed by atoms with Crippen LogP contribution in [0.2, 0.25) is 5.02 Å². The predicted octanol–water partition coefficient (Wildman–Crippen LogP) is 2.64. The molecule has 3 nitrogen and oxygen atoms in total. The number of rotatable bonds is 3. The van der Waals surface area contributed by atoms with Crippen molar-refractivity contribution < 1.29 is 4.79 Å². The van der Waals surface area contributed by atoms with Crippen LogP contribution < -0.4 is 0 Å². The molecule has 2 saturated heterocycles. The number of halogens is 1. The molecule has 108 valence electrons. The second-order valence-electron chi connectivity index (χ2n) is 6.28. The second-order valence-corrected chi connectivity index (χ2v) is 6.72. The monoisotopic (exact) mass is 292 g/mol. The largest absolute Gasteiger partial charge is 0.341 e. The van der Waals surface area contributed by atoms with Gasteiger partial charge in [0.2, 0.25) is 5.91 Å². The summed E-state index contributed by atoms with van der Waals surface area (Å²) < 4.78 is 0. The van der Waals surface area contributed by atoms with Gasteiger partial charge in [-0.15, -0.1) is 0 Å². The molecule has 0 radical (unpaired) electrons. The molecule has 1 aromatic carbocycles. The van der Waals surface area contributed by atoms with E-state index in [2.05, 4.69) is 11.0 Å². The highest BCUT2D eigenvalue weighted by Gasteiger charge is 2.46. The maximum absolute atomic E-state index is 12.1. The van der Waals surface area contributed by atoms with Gasteiger partial charge >= 0.3 is 0 Å². The van der Waals surface area contributed by atoms with Gasteiger partial charge in [-0.3, -0.25) is 9.69 Å². The molecule has 1 amide bonds. The van der Waals surface area contributed by atoms with E-state index in [0.29, 0.717) is 17.9 Å². The maximum atomic E-state index is 12.1. The number of nitrogens with zero attached hydrogens (tertiary/aromatic N) is 2.